The number of carbonyl (C=O) groups excluding carboxylic acids is 1. The van der Waals surface area contributed by atoms with Crippen LogP contribution in [-0.4, -0.2) is 31.4 Å². The molecule has 4 heterocycles. The van der Waals surface area contributed by atoms with Gasteiger partial charge < -0.3 is 19.0 Å². The van der Waals surface area contributed by atoms with E-state index >= 15 is 0 Å². The molecule has 1 saturated heterocycles. The monoisotopic (exact) mass is 339 g/mol. The Labute approximate surface area is 145 Å². The maximum Gasteiger partial charge on any atom is 0.226 e. The Balaban J connectivity index is 1.45. The summed E-state index contributed by atoms with van der Waals surface area (Å²) in [5, 5.41) is 3.00. The molecule has 4 rings (SSSR count). The van der Waals surface area contributed by atoms with Crippen molar-refractivity contribution in [3.63, 3.8) is 0 Å². The van der Waals surface area contributed by atoms with Crippen LogP contribution in [0.15, 0.2) is 36.9 Å². The predicted octanol–water partition coefficient (Wildman–Crippen LogP) is 1.77. The van der Waals surface area contributed by atoms with Gasteiger partial charge in [-0.25, -0.2) is 9.97 Å². The van der Waals surface area contributed by atoms with Crippen LogP contribution in [0.3, 0.4) is 0 Å². The molecule has 7 nitrogen and oxygen atoms in total. The van der Waals surface area contributed by atoms with Gasteiger partial charge in [0.1, 0.15) is 17.6 Å². The van der Waals surface area contributed by atoms with E-state index in [1.54, 1.807) is 6.20 Å². The number of carbonyl (C=O) groups is 1. The molecule has 3 aromatic rings. The largest absolute Gasteiger partial charge is 0.369 e. The molecule has 1 aliphatic heterocycles. The minimum Gasteiger partial charge on any atom is -0.369 e. The third kappa shape index (κ3) is 3.02. The van der Waals surface area contributed by atoms with Crippen LogP contribution in [-0.2, 0) is 23.1 Å². The van der Waals surface area contributed by atoms with Gasteiger partial charge in [0.15, 0.2) is 0 Å². The number of hydrogen-bond donors (Lipinski definition) is 1. The SMILES string of the molecule is Cc1ccn2cc(CNC(=O)[C@@H]3CCO[C@H]3c3nccn3C)nc2c1. The number of nitrogens with one attached hydrogen (secondary N) is 1. The minimum absolute atomic E-state index is 0.0151. The fraction of sp³-hybridized carbons (Fsp3) is 0.389. The summed E-state index contributed by atoms with van der Waals surface area (Å²) < 4.78 is 9.63. The number of fused-ring (bicyclic) bond motifs is 1. The average Bonchev–Trinajstić information content (AvgIpc) is 3.30. The van der Waals surface area contributed by atoms with Crippen LogP contribution >= 0.6 is 0 Å². The molecule has 0 saturated carbocycles. The fourth-order valence-corrected chi connectivity index (χ4v) is 3.29. The first kappa shape index (κ1) is 15.8. The maximum absolute atomic E-state index is 12.6. The van der Waals surface area contributed by atoms with Crippen molar-refractivity contribution in [2.75, 3.05) is 6.61 Å². The molecule has 1 N–H and O–H groups in total. The fourth-order valence-electron chi connectivity index (χ4n) is 3.29. The topological polar surface area (TPSA) is 73.4 Å². The van der Waals surface area contributed by atoms with Crippen molar-refractivity contribution in [2.45, 2.75) is 26.0 Å². The van der Waals surface area contributed by atoms with Crippen molar-refractivity contribution in [3.05, 3.63) is 54.0 Å². The summed E-state index contributed by atoms with van der Waals surface area (Å²) in [5.41, 5.74) is 2.89. The molecule has 0 bridgehead atoms. The van der Waals surface area contributed by atoms with Crippen molar-refractivity contribution in [1.82, 2.24) is 24.3 Å². The predicted molar refractivity (Wildman–Crippen MR) is 91.8 cm³/mol. The smallest absolute Gasteiger partial charge is 0.226 e. The van der Waals surface area contributed by atoms with Gasteiger partial charge >= 0.3 is 0 Å². The summed E-state index contributed by atoms with van der Waals surface area (Å²) in [6, 6.07) is 4.05. The molecule has 25 heavy (non-hydrogen) atoms. The number of imidazole rings is 2. The second-order valence-corrected chi connectivity index (χ2v) is 6.50. The van der Waals surface area contributed by atoms with Gasteiger partial charge in [0.2, 0.25) is 5.91 Å². The lowest BCUT2D eigenvalue weighted by Gasteiger charge is -2.17. The van der Waals surface area contributed by atoms with E-state index in [-0.39, 0.29) is 17.9 Å². The Morgan fingerprint density at radius 1 is 1.44 bits per heavy atom. The number of hydrogen-bond acceptors (Lipinski definition) is 4. The molecule has 0 aromatic carbocycles. The van der Waals surface area contributed by atoms with Gasteiger partial charge in [-0.3, -0.25) is 4.79 Å². The van der Waals surface area contributed by atoms with E-state index in [0.717, 1.165) is 22.7 Å². The highest BCUT2D eigenvalue weighted by Gasteiger charge is 2.37. The first-order valence-corrected chi connectivity index (χ1v) is 8.42. The molecule has 1 fully saturated rings. The summed E-state index contributed by atoms with van der Waals surface area (Å²) in [6.07, 6.45) is 7.92. The third-order valence-corrected chi connectivity index (χ3v) is 4.65. The Morgan fingerprint density at radius 2 is 2.32 bits per heavy atom. The first-order valence-electron chi connectivity index (χ1n) is 8.42. The number of aromatic nitrogens is 4. The van der Waals surface area contributed by atoms with Crippen LogP contribution in [0.1, 0.15) is 29.6 Å². The van der Waals surface area contributed by atoms with E-state index in [1.807, 2.05) is 53.7 Å². The summed E-state index contributed by atoms with van der Waals surface area (Å²) in [4.78, 5) is 21.5. The number of ether oxygens (including phenoxy) is 1. The molecule has 130 valence electrons. The van der Waals surface area contributed by atoms with Gasteiger partial charge in [-0.05, 0) is 31.0 Å². The number of pyridine rings is 1. The van der Waals surface area contributed by atoms with Gasteiger partial charge in [-0.1, -0.05) is 0 Å². The second-order valence-electron chi connectivity index (χ2n) is 6.50. The Morgan fingerprint density at radius 3 is 3.12 bits per heavy atom. The lowest BCUT2D eigenvalue weighted by molar-refractivity contribution is -0.127. The molecule has 1 amide bonds. The van der Waals surface area contributed by atoms with Gasteiger partial charge in [-0.2, -0.15) is 0 Å². The Kier molecular flexibility index (Phi) is 4.01. The summed E-state index contributed by atoms with van der Waals surface area (Å²) in [6.45, 7) is 3.01. The van der Waals surface area contributed by atoms with Crippen LogP contribution in [0.25, 0.3) is 5.65 Å². The summed E-state index contributed by atoms with van der Waals surface area (Å²) >= 11 is 0. The van der Waals surface area contributed by atoms with Crippen LogP contribution in [0.4, 0.5) is 0 Å². The van der Waals surface area contributed by atoms with E-state index in [9.17, 15) is 4.79 Å². The summed E-state index contributed by atoms with van der Waals surface area (Å²) in [5.74, 6) is 0.556. The van der Waals surface area contributed by atoms with Gasteiger partial charge in [-0.15, -0.1) is 0 Å². The highest BCUT2D eigenvalue weighted by atomic mass is 16.5. The molecular formula is C18H21N5O2. The maximum atomic E-state index is 12.6. The Hall–Kier alpha value is -2.67. The second kappa shape index (κ2) is 6.33. The highest BCUT2D eigenvalue weighted by molar-refractivity contribution is 5.79. The van der Waals surface area contributed by atoms with Gasteiger partial charge in [0, 0.05) is 38.4 Å². The van der Waals surface area contributed by atoms with Crippen molar-refractivity contribution in [2.24, 2.45) is 13.0 Å². The number of nitrogens with zero attached hydrogens (tertiary/aromatic N) is 4. The molecule has 7 heteroatoms. The lowest BCUT2D eigenvalue weighted by Crippen LogP contribution is -2.32. The average molecular weight is 339 g/mol. The van der Waals surface area contributed by atoms with Crippen molar-refractivity contribution in [1.29, 1.82) is 0 Å². The molecular weight excluding hydrogens is 318 g/mol. The zero-order chi connectivity index (χ0) is 17.4. The van der Waals surface area contributed by atoms with Crippen LogP contribution in [0.5, 0.6) is 0 Å². The molecule has 0 spiro atoms. The summed E-state index contributed by atoms with van der Waals surface area (Å²) in [7, 11) is 1.91. The van der Waals surface area contributed by atoms with Crippen molar-refractivity contribution >= 4 is 11.6 Å². The minimum atomic E-state index is -0.288. The molecule has 2 atom stereocenters. The molecule has 0 aliphatic carbocycles. The van der Waals surface area contributed by atoms with E-state index in [2.05, 4.69) is 15.3 Å². The molecule has 1 aliphatic rings. The molecule has 0 unspecified atom stereocenters. The molecule has 3 aromatic heterocycles. The number of amides is 1. The van der Waals surface area contributed by atoms with Gasteiger partial charge in [0.25, 0.3) is 0 Å². The highest BCUT2D eigenvalue weighted by Crippen LogP contribution is 2.33. The first-order chi connectivity index (χ1) is 12.1. The van der Waals surface area contributed by atoms with Crippen LogP contribution in [0, 0.1) is 12.8 Å². The standard InChI is InChI=1S/C18H21N5O2/c1-12-3-6-23-11-13(21-15(23)9-12)10-20-18(24)14-4-8-25-16(14)17-19-5-7-22(17)2/h3,5-7,9,11,14,16H,4,8,10H2,1-2H3,(H,20,24)/t14-,16-/m1/s1. The third-order valence-electron chi connectivity index (χ3n) is 4.65. The zero-order valence-electron chi connectivity index (χ0n) is 14.3. The number of aryl methyl sites for hydroxylation is 2. The van der Waals surface area contributed by atoms with E-state index in [0.29, 0.717) is 19.6 Å². The quantitative estimate of drug-likeness (QED) is 0.786. The normalized spacial score (nSPS) is 20.2. The number of rotatable bonds is 4. The van der Waals surface area contributed by atoms with Gasteiger partial charge in [0.05, 0.1) is 18.2 Å². The van der Waals surface area contributed by atoms with E-state index in [4.69, 9.17) is 4.74 Å². The lowest BCUT2D eigenvalue weighted by atomic mass is 10.00. The van der Waals surface area contributed by atoms with Crippen molar-refractivity contribution in [3.8, 4) is 0 Å². The van der Waals surface area contributed by atoms with Crippen molar-refractivity contribution < 1.29 is 9.53 Å². The van der Waals surface area contributed by atoms with Crippen LogP contribution in [0.2, 0.25) is 0 Å². The van der Waals surface area contributed by atoms with E-state index in [1.165, 1.54) is 0 Å². The van der Waals surface area contributed by atoms with Crippen LogP contribution < -0.4 is 5.32 Å². The zero-order valence-corrected chi connectivity index (χ0v) is 14.3. The van der Waals surface area contributed by atoms with E-state index < -0.39 is 0 Å². The Bertz CT molecular complexity index is 913. The molecule has 0 radical (unpaired) electrons.